The fourth-order valence-corrected chi connectivity index (χ4v) is 1.80. The van der Waals surface area contributed by atoms with E-state index in [1.165, 1.54) is 0 Å². The summed E-state index contributed by atoms with van der Waals surface area (Å²) >= 11 is 0. The molecular weight excluding hydrogens is 226 g/mol. The molecule has 2 aromatic rings. The van der Waals surface area contributed by atoms with Crippen molar-refractivity contribution in [1.82, 2.24) is 9.55 Å². The van der Waals surface area contributed by atoms with Crippen molar-refractivity contribution in [1.29, 1.82) is 0 Å². The molecule has 1 aromatic carbocycles. The molecule has 0 bridgehead atoms. The summed E-state index contributed by atoms with van der Waals surface area (Å²) in [7, 11) is 0. The maximum Gasteiger partial charge on any atom is 0.203 e. The van der Waals surface area contributed by atoms with E-state index in [0.29, 0.717) is 6.61 Å². The molecule has 0 unspecified atom stereocenters. The Morgan fingerprint density at radius 1 is 1.28 bits per heavy atom. The molecule has 4 heteroatoms. The van der Waals surface area contributed by atoms with E-state index in [-0.39, 0.29) is 0 Å². The topological polar surface area (TPSA) is 39.1 Å². The zero-order chi connectivity index (χ0) is 12.8. The van der Waals surface area contributed by atoms with Crippen LogP contribution in [0.1, 0.15) is 12.6 Å². The first-order valence-electron chi connectivity index (χ1n) is 6.25. The summed E-state index contributed by atoms with van der Waals surface area (Å²) < 4.78 is 7.76. The van der Waals surface area contributed by atoms with Crippen LogP contribution in [0.3, 0.4) is 0 Å². The quantitative estimate of drug-likeness (QED) is 0.850. The number of nitrogens with one attached hydrogen (secondary N) is 1. The van der Waals surface area contributed by atoms with Crippen LogP contribution < -0.4 is 10.1 Å². The maximum atomic E-state index is 5.68. The summed E-state index contributed by atoms with van der Waals surface area (Å²) in [4.78, 5) is 4.42. The monoisotopic (exact) mass is 245 g/mol. The first-order valence-corrected chi connectivity index (χ1v) is 6.25. The Hall–Kier alpha value is -1.97. The molecule has 96 valence electrons. The van der Waals surface area contributed by atoms with Crippen molar-refractivity contribution < 1.29 is 4.74 Å². The number of aromatic nitrogens is 2. The molecule has 0 aliphatic carbocycles. The third-order valence-corrected chi connectivity index (χ3v) is 2.58. The molecule has 0 amide bonds. The highest BCUT2D eigenvalue weighted by Crippen LogP contribution is 2.10. The minimum absolute atomic E-state index is 0.637. The summed E-state index contributed by atoms with van der Waals surface area (Å²) in [6.45, 7) is 6.36. The molecule has 0 saturated carbocycles. The van der Waals surface area contributed by atoms with Crippen molar-refractivity contribution in [2.24, 2.45) is 0 Å². The van der Waals surface area contributed by atoms with Gasteiger partial charge in [-0.15, -0.1) is 0 Å². The van der Waals surface area contributed by atoms with E-state index in [0.717, 1.165) is 30.5 Å². The summed E-state index contributed by atoms with van der Waals surface area (Å²) in [6.07, 6.45) is 2.03. The van der Waals surface area contributed by atoms with Gasteiger partial charge in [-0.1, -0.05) is 18.2 Å². The van der Waals surface area contributed by atoms with E-state index in [9.17, 15) is 0 Å². The molecule has 18 heavy (non-hydrogen) atoms. The van der Waals surface area contributed by atoms with Crippen molar-refractivity contribution in [3.8, 4) is 5.75 Å². The van der Waals surface area contributed by atoms with Crippen molar-refractivity contribution in [2.45, 2.75) is 20.4 Å². The molecule has 1 aromatic heterocycles. The number of ether oxygens (including phenoxy) is 1. The number of hydrogen-bond acceptors (Lipinski definition) is 3. The highest BCUT2D eigenvalue weighted by Gasteiger charge is 2.04. The van der Waals surface area contributed by atoms with Crippen molar-refractivity contribution in [3.05, 3.63) is 42.2 Å². The van der Waals surface area contributed by atoms with Gasteiger partial charge in [0.2, 0.25) is 5.95 Å². The van der Waals surface area contributed by atoms with Crippen LogP contribution in [0.25, 0.3) is 0 Å². The van der Waals surface area contributed by atoms with Crippen LogP contribution in [0.15, 0.2) is 36.5 Å². The fraction of sp³-hybridized carbons (Fsp3) is 0.357. The lowest BCUT2D eigenvalue weighted by Gasteiger charge is -2.09. The maximum absolute atomic E-state index is 5.68. The number of nitrogens with zero attached hydrogens (tertiary/aromatic N) is 2. The molecular formula is C14H19N3O. The molecule has 0 radical (unpaired) electrons. The number of benzene rings is 1. The highest BCUT2D eigenvalue weighted by molar-refractivity contribution is 5.28. The first kappa shape index (κ1) is 12.5. The Bertz CT molecular complexity index is 479. The van der Waals surface area contributed by atoms with Gasteiger partial charge in [-0.05, 0) is 26.0 Å². The number of para-hydroxylation sites is 1. The predicted octanol–water partition coefficient (Wildman–Crippen LogP) is 2.70. The van der Waals surface area contributed by atoms with E-state index in [2.05, 4.69) is 21.8 Å². The van der Waals surface area contributed by atoms with E-state index < -0.39 is 0 Å². The number of hydrogen-bond donors (Lipinski definition) is 1. The smallest absolute Gasteiger partial charge is 0.203 e. The second-order valence-electron chi connectivity index (χ2n) is 4.09. The average Bonchev–Trinajstić information content (AvgIpc) is 2.72. The van der Waals surface area contributed by atoms with E-state index in [1.54, 1.807) is 0 Å². The van der Waals surface area contributed by atoms with E-state index in [4.69, 9.17) is 4.74 Å². The molecule has 4 nitrogen and oxygen atoms in total. The normalized spacial score (nSPS) is 10.3. The molecule has 0 fully saturated rings. The molecule has 0 saturated heterocycles. The second kappa shape index (κ2) is 6.10. The Balaban J connectivity index is 1.90. The minimum Gasteiger partial charge on any atom is -0.492 e. The van der Waals surface area contributed by atoms with Crippen molar-refractivity contribution in [3.63, 3.8) is 0 Å². The molecule has 2 rings (SSSR count). The summed E-state index contributed by atoms with van der Waals surface area (Å²) in [5, 5.41) is 3.24. The van der Waals surface area contributed by atoms with Gasteiger partial charge in [-0.25, -0.2) is 4.98 Å². The Labute approximate surface area is 108 Å². The molecule has 0 aliphatic rings. The summed E-state index contributed by atoms with van der Waals surface area (Å²) in [5.41, 5.74) is 1.02. The van der Waals surface area contributed by atoms with Gasteiger partial charge >= 0.3 is 0 Å². The number of aryl methyl sites for hydroxylation is 1. The van der Waals surface area contributed by atoms with Crippen LogP contribution in [0.2, 0.25) is 0 Å². The lowest BCUT2D eigenvalue weighted by molar-refractivity contribution is 0.299. The standard InChI is InChI=1S/C14H19N3O/c1-3-15-14-16-12(2)11-17(14)9-10-18-13-7-5-4-6-8-13/h4-8,11H,3,9-10H2,1-2H3,(H,15,16). The third-order valence-electron chi connectivity index (χ3n) is 2.58. The Morgan fingerprint density at radius 2 is 2.06 bits per heavy atom. The number of rotatable bonds is 6. The van der Waals surface area contributed by atoms with Crippen LogP contribution >= 0.6 is 0 Å². The van der Waals surface area contributed by atoms with Gasteiger partial charge in [-0.2, -0.15) is 0 Å². The van der Waals surface area contributed by atoms with Crippen molar-refractivity contribution in [2.75, 3.05) is 18.5 Å². The van der Waals surface area contributed by atoms with Gasteiger partial charge in [0, 0.05) is 12.7 Å². The SMILES string of the molecule is CCNc1nc(C)cn1CCOc1ccccc1. The van der Waals surface area contributed by atoms with Crippen molar-refractivity contribution >= 4 is 5.95 Å². The van der Waals surface area contributed by atoms with Crippen LogP contribution in [0, 0.1) is 6.92 Å². The van der Waals surface area contributed by atoms with Gasteiger partial charge in [-0.3, -0.25) is 0 Å². The van der Waals surface area contributed by atoms with Crippen LogP contribution in [0.5, 0.6) is 5.75 Å². The van der Waals surface area contributed by atoms with E-state index >= 15 is 0 Å². The van der Waals surface area contributed by atoms with Gasteiger partial charge in [0.05, 0.1) is 12.2 Å². The lowest BCUT2D eigenvalue weighted by Crippen LogP contribution is -2.11. The molecule has 0 spiro atoms. The van der Waals surface area contributed by atoms with Crippen LogP contribution in [-0.4, -0.2) is 22.7 Å². The van der Waals surface area contributed by atoms with Crippen LogP contribution in [-0.2, 0) is 6.54 Å². The molecule has 0 atom stereocenters. The predicted molar refractivity (Wildman–Crippen MR) is 73.1 cm³/mol. The largest absolute Gasteiger partial charge is 0.492 e. The summed E-state index contributed by atoms with van der Waals surface area (Å²) in [6, 6.07) is 9.85. The molecule has 1 heterocycles. The molecule has 1 N–H and O–H groups in total. The molecule has 0 aliphatic heterocycles. The zero-order valence-electron chi connectivity index (χ0n) is 10.9. The van der Waals surface area contributed by atoms with Gasteiger partial charge < -0.3 is 14.6 Å². The fourth-order valence-electron chi connectivity index (χ4n) is 1.80. The highest BCUT2D eigenvalue weighted by atomic mass is 16.5. The minimum atomic E-state index is 0.637. The first-order chi connectivity index (χ1) is 8.79. The Morgan fingerprint density at radius 3 is 2.78 bits per heavy atom. The van der Waals surface area contributed by atoms with Gasteiger partial charge in [0.15, 0.2) is 0 Å². The zero-order valence-corrected chi connectivity index (χ0v) is 10.9. The van der Waals surface area contributed by atoms with Gasteiger partial charge in [0.25, 0.3) is 0 Å². The van der Waals surface area contributed by atoms with Gasteiger partial charge in [0.1, 0.15) is 12.4 Å². The number of imidazole rings is 1. The average molecular weight is 245 g/mol. The second-order valence-corrected chi connectivity index (χ2v) is 4.09. The number of anilines is 1. The lowest BCUT2D eigenvalue weighted by atomic mass is 10.3. The van der Waals surface area contributed by atoms with E-state index in [1.807, 2.05) is 43.5 Å². The summed E-state index contributed by atoms with van der Waals surface area (Å²) in [5.74, 6) is 1.81. The Kier molecular flexibility index (Phi) is 4.23. The van der Waals surface area contributed by atoms with Crippen LogP contribution in [0.4, 0.5) is 5.95 Å². The third kappa shape index (κ3) is 3.26.